The van der Waals surface area contributed by atoms with Gasteiger partial charge >= 0.3 is 5.97 Å². The highest BCUT2D eigenvalue weighted by Gasteiger charge is 2.11. The third kappa shape index (κ3) is 4.94. The van der Waals surface area contributed by atoms with E-state index in [0.29, 0.717) is 16.8 Å². The first kappa shape index (κ1) is 17.8. The number of phenols is 1. The smallest absolute Gasteiger partial charge is 0.338 e. The number of hydrogen-bond acceptors (Lipinski definition) is 5. The summed E-state index contributed by atoms with van der Waals surface area (Å²) in [4.78, 5) is 23.8. The van der Waals surface area contributed by atoms with E-state index in [1.807, 2.05) is 6.07 Å². The number of carbonyl (C=O) groups is 2. The molecule has 2 aromatic rings. The van der Waals surface area contributed by atoms with Crippen molar-refractivity contribution in [1.82, 2.24) is 0 Å². The van der Waals surface area contributed by atoms with Crippen molar-refractivity contribution in [2.75, 3.05) is 11.9 Å². The normalized spacial score (nSPS) is 10.6. The Kier molecular flexibility index (Phi) is 5.91. The van der Waals surface area contributed by atoms with Gasteiger partial charge in [0.25, 0.3) is 5.91 Å². The molecule has 0 aliphatic heterocycles. The zero-order valence-corrected chi connectivity index (χ0v) is 13.5. The molecule has 0 aromatic heterocycles. The predicted molar refractivity (Wildman–Crippen MR) is 92.7 cm³/mol. The monoisotopic (exact) mass is 336 g/mol. The maximum absolute atomic E-state index is 12.2. The van der Waals surface area contributed by atoms with Crippen molar-refractivity contribution in [2.45, 2.75) is 6.92 Å². The fourth-order valence-corrected chi connectivity index (χ4v) is 1.99. The van der Waals surface area contributed by atoms with Crippen LogP contribution in [0.4, 0.5) is 5.69 Å². The van der Waals surface area contributed by atoms with Crippen molar-refractivity contribution in [3.63, 3.8) is 0 Å². The molecule has 0 spiro atoms. The van der Waals surface area contributed by atoms with E-state index < -0.39 is 11.9 Å². The molecule has 1 amide bonds. The van der Waals surface area contributed by atoms with Gasteiger partial charge in [-0.1, -0.05) is 12.1 Å². The van der Waals surface area contributed by atoms with Crippen LogP contribution in [-0.2, 0) is 9.53 Å². The molecule has 0 aliphatic carbocycles. The van der Waals surface area contributed by atoms with Crippen molar-refractivity contribution in [3.8, 4) is 11.8 Å². The summed E-state index contributed by atoms with van der Waals surface area (Å²) in [6, 6.07) is 14.1. The van der Waals surface area contributed by atoms with Crippen LogP contribution < -0.4 is 5.32 Å². The number of nitrogens with one attached hydrogen (secondary N) is 1. The van der Waals surface area contributed by atoms with Crippen LogP contribution in [0, 0.1) is 11.3 Å². The van der Waals surface area contributed by atoms with Crippen LogP contribution in [0.25, 0.3) is 6.08 Å². The molecule has 6 heteroatoms. The molecule has 0 atom stereocenters. The van der Waals surface area contributed by atoms with Gasteiger partial charge in [-0.2, -0.15) is 5.26 Å². The minimum absolute atomic E-state index is 0.0832. The maximum atomic E-state index is 12.2. The van der Waals surface area contributed by atoms with Gasteiger partial charge in [-0.15, -0.1) is 0 Å². The molecule has 0 fully saturated rings. The molecule has 0 unspecified atom stereocenters. The first-order valence-corrected chi connectivity index (χ1v) is 7.53. The van der Waals surface area contributed by atoms with E-state index >= 15 is 0 Å². The van der Waals surface area contributed by atoms with Crippen molar-refractivity contribution in [2.24, 2.45) is 0 Å². The van der Waals surface area contributed by atoms with Gasteiger partial charge in [-0.05, 0) is 55.0 Å². The quantitative estimate of drug-likeness (QED) is 0.496. The summed E-state index contributed by atoms with van der Waals surface area (Å²) in [6.07, 6.45) is 1.42. The Balaban J connectivity index is 2.10. The number of hydrogen-bond donors (Lipinski definition) is 2. The zero-order valence-electron chi connectivity index (χ0n) is 13.5. The van der Waals surface area contributed by atoms with Crippen LogP contribution in [0.3, 0.4) is 0 Å². The number of anilines is 1. The molecule has 0 radical (unpaired) electrons. The summed E-state index contributed by atoms with van der Waals surface area (Å²) < 4.78 is 4.88. The largest absolute Gasteiger partial charge is 0.508 e. The standard InChI is InChI=1S/C19H16N2O4/c1-2-25-19(24)14-5-7-16(8-6-14)21-18(23)15(12-20)11-13-3-9-17(22)10-4-13/h3-11,22H,2H2,1H3,(H,21,23)/b15-11-. The predicted octanol–water partition coefficient (Wildman–Crippen LogP) is 3.11. The number of nitriles is 1. The van der Waals surface area contributed by atoms with Gasteiger partial charge in [-0.25, -0.2) is 4.79 Å². The molecule has 0 saturated heterocycles. The number of phenolic OH excluding ortho intramolecular Hbond substituents is 1. The van der Waals surface area contributed by atoms with E-state index in [9.17, 15) is 20.0 Å². The first-order chi connectivity index (χ1) is 12.0. The van der Waals surface area contributed by atoms with E-state index in [0.717, 1.165) is 0 Å². The van der Waals surface area contributed by atoms with E-state index in [4.69, 9.17) is 4.74 Å². The molecule has 6 nitrogen and oxygen atoms in total. The Morgan fingerprint density at radius 1 is 1.16 bits per heavy atom. The van der Waals surface area contributed by atoms with Gasteiger partial charge in [0, 0.05) is 5.69 Å². The number of esters is 1. The molecule has 0 aliphatic rings. The van der Waals surface area contributed by atoms with Gasteiger partial charge in [0.2, 0.25) is 0 Å². The Morgan fingerprint density at radius 3 is 2.36 bits per heavy atom. The maximum Gasteiger partial charge on any atom is 0.338 e. The number of amides is 1. The molecule has 0 heterocycles. The van der Waals surface area contributed by atoms with Crippen LogP contribution in [0.15, 0.2) is 54.1 Å². The first-order valence-electron chi connectivity index (χ1n) is 7.53. The van der Waals surface area contributed by atoms with Crippen LogP contribution in [-0.4, -0.2) is 23.6 Å². The number of carbonyl (C=O) groups excluding carboxylic acids is 2. The van der Waals surface area contributed by atoms with E-state index in [1.54, 1.807) is 31.2 Å². The van der Waals surface area contributed by atoms with E-state index in [-0.39, 0.29) is 17.9 Å². The fraction of sp³-hybridized carbons (Fsp3) is 0.105. The summed E-state index contributed by atoms with van der Waals surface area (Å²) in [5.41, 5.74) is 1.35. The summed E-state index contributed by atoms with van der Waals surface area (Å²) in [7, 11) is 0. The highest BCUT2D eigenvalue weighted by Crippen LogP contribution is 2.15. The number of nitrogens with zero attached hydrogens (tertiary/aromatic N) is 1. The molecular formula is C19H16N2O4. The number of aromatic hydroxyl groups is 1. The lowest BCUT2D eigenvalue weighted by Gasteiger charge is -2.06. The molecular weight excluding hydrogens is 320 g/mol. The average Bonchev–Trinajstić information content (AvgIpc) is 2.62. The Hall–Kier alpha value is -3.59. The average molecular weight is 336 g/mol. The van der Waals surface area contributed by atoms with Gasteiger partial charge in [0.15, 0.2) is 0 Å². The second-order valence-electron chi connectivity index (χ2n) is 5.01. The molecule has 0 saturated carbocycles. The molecule has 0 bridgehead atoms. The van der Waals surface area contributed by atoms with Crippen molar-refractivity contribution < 1.29 is 19.4 Å². The number of benzene rings is 2. The highest BCUT2D eigenvalue weighted by atomic mass is 16.5. The van der Waals surface area contributed by atoms with Crippen molar-refractivity contribution >= 4 is 23.6 Å². The Morgan fingerprint density at radius 2 is 1.80 bits per heavy atom. The van der Waals surface area contributed by atoms with E-state index in [2.05, 4.69) is 5.32 Å². The van der Waals surface area contributed by atoms with Gasteiger partial charge < -0.3 is 15.2 Å². The van der Waals surface area contributed by atoms with Gasteiger partial charge in [0.05, 0.1) is 12.2 Å². The third-order valence-electron chi connectivity index (χ3n) is 3.22. The van der Waals surface area contributed by atoms with Crippen LogP contribution in [0.1, 0.15) is 22.8 Å². The lowest BCUT2D eigenvalue weighted by atomic mass is 10.1. The van der Waals surface area contributed by atoms with Crippen LogP contribution in [0.2, 0.25) is 0 Å². The molecule has 2 rings (SSSR count). The molecule has 126 valence electrons. The Bertz CT molecular complexity index is 831. The summed E-state index contributed by atoms with van der Waals surface area (Å²) in [6.45, 7) is 2.00. The van der Waals surface area contributed by atoms with Gasteiger partial charge in [0.1, 0.15) is 17.4 Å². The fourth-order valence-electron chi connectivity index (χ4n) is 1.99. The molecule has 2 N–H and O–H groups in total. The van der Waals surface area contributed by atoms with Crippen molar-refractivity contribution in [1.29, 1.82) is 5.26 Å². The molecule has 25 heavy (non-hydrogen) atoms. The SMILES string of the molecule is CCOC(=O)c1ccc(NC(=O)/C(C#N)=C\c2ccc(O)cc2)cc1. The van der Waals surface area contributed by atoms with E-state index in [1.165, 1.54) is 30.3 Å². The highest BCUT2D eigenvalue weighted by molar-refractivity contribution is 6.09. The lowest BCUT2D eigenvalue weighted by Crippen LogP contribution is -2.13. The Labute approximate surface area is 145 Å². The third-order valence-corrected chi connectivity index (χ3v) is 3.22. The van der Waals surface area contributed by atoms with Gasteiger partial charge in [-0.3, -0.25) is 4.79 Å². The minimum Gasteiger partial charge on any atom is -0.508 e. The second kappa shape index (κ2) is 8.31. The summed E-state index contributed by atoms with van der Waals surface area (Å²) >= 11 is 0. The topological polar surface area (TPSA) is 99.4 Å². The van der Waals surface area contributed by atoms with Crippen LogP contribution in [0.5, 0.6) is 5.75 Å². The minimum atomic E-state index is -0.570. The number of ether oxygens (including phenoxy) is 1. The van der Waals surface area contributed by atoms with Crippen LogP contribution >= 0.6 is 0 Å². The summed E-state index contributed by atoms with van der Waals surface area (Å²) in [5, 5.41) is 21.0. The lowest BCUT2D eigenvalue weighted by molar-refractivity contribution is -0.112. The van der Waals surface area contributed by atoms with Crippen molar-refractivity contribution in [3.05, 3.63) is 65.2 Å². The molecule has 2 aromatic carbocycles. The number of rotatable bonds is 5. The summed E-state index contributed by atoms with van der Waals surface area (Å²) in [5.74, 6) is -0.911. The second-order valence-corrected chi connectivity index (χ2v) is 5.01. The zero-order chi connectivity index (χ0) is 18.2.